The van der Waals surface area contributed by atoms with E-state index in [4.69, 9.17) is 5.73 Å². The minimum atomic E-state index is -0.749. The molecule has 0 atom stereocenters. The number of imide groups is 1. The fourth-order valence-corrected chi connectivity index (χ4v) is 1.12. The van der Waals surface area contributed by atoms with Crippen molar-refractivity contribution >= 4 is 17.7 Å². The summed E-state index contributed by atoms with van der Waals surface area (Å²) in [4.78, 5) is 33.4. The van der Waals surface area contributed by atoms with E-state index < -0.39 is 17.7 Å². The molecule has 6 nitrogen and oxygen atoms in total. The molecule has 1 heterocycles. The molecule has 16 heavy (non-hydrogen) atoms. The number of hydrogen-bond donors (Lipinski definition) is 3. The second kappa shape index (κ2) is 4.92. The van der Waals surface area contributed by atoms with E-state index in [1.165, 1.54) is 19.2 Å². The summed E-state index contributed by atoms with van der Waals surface area (Å²) in [6.45, 7) is 1.20. The van der Waals surface area contributed by atoms with Gasteiger partial charge in [-0.2, -0.15) is 0 Å². The number of carbonyl (C=O) groups is 3. The standard InChI is InChI=1S/C10H11N3O3/c1-6(14)13-10(16)8-7(9(11)15)4-2-3-5-12-8/h2-5,12H,1H3,(H2,11,15)(H,13,14,16). The number of nitrogens with two attached hydrogens (primary N) is 1. The molecule has 0 aromatic carbocycles. The Hall–Kier alpha value is -2.37. The third kappa shape index (κ3) is 2.81. The molecule has 1 aliphatic heterocycles. The molecule has 0 radical (unpaired) electrons. The highest BCUT2D eigenvalue weighted by Crippen LogP contribution is 2.07. The summed E-state index contributed by atoms with van der Waals surface area (Å²) in [6, 6.07) is 0. The molecule has 0 aliphatic carbocycles. The maximum Gasteiger partial charge on any atom is 0.275 e. The van der Waals surface area contributed by atoms with Crippen molar-refractivity contribution in [3.05, 3.63) is 35.7 Å². The van der Waals surface area contributed by atoms with Gasteiger partial charge in [-0.05, 0) is 12.2 Å². The monoisotopic (exact) mass is 221 g/mol. The van der Waals surface area contributed by atoms with Crippen LogP contribution in [0.25, 0.3) is 0 Å². The van der Waals surface area contributed by atoms with Crippen molar-refractivity contribution in [1.29, 1.82) is 0 Å². The normalized spacial score (nSPS) is 14.1. The van der Waals surface area contributed by atoms with Gasteiger partial charge < -0.3 is 11.1 Å². The van der Waals surface area contributed by atoms with Crippen molar-refractivity contribution in [2.45, 2.75) is 6.92 Å². The minimum absolute atomic E-state index is 0.0174. The molecule has 0 aromatic heterocycles. The first kappa shape index (κ1) is 11.7. The Morgan fingerprint density at radius 1 is 1.31 bits per heavy atom. The Balaban J connectivity index is 3.08. The predicted octanol–water partition coefficient (Wildman–Crippen LogP) is -0.938. The quantitative estimate of drug-likeness (QED) is 0.560. The molecule has 1 rings (SSSR count). The summed E-state index contributed by atoms with van der Waals surface area (Å²) < 4.78 is 0. The molecular weight excluding hydrogens is 210 g/mol. The number of nitrogens with one attached hydrogen (secondary N) is 2. The zero-order valence-corrected chi connectivity index (χ0v) is 8.61. The largest absolute Gasteiger partial charge is 0.366 e. The summed E-state index contributed by atoms with van der Waals surface area (Å²) in [5, 5.41) is 4.64. The van der Waals surface area contributed by atoms with Gasteiger partial charge in [-0.15, -0.1) is 0 Å². The molecule has 0 unspecified atom stereocenters. The van der Waals surface area contributed by atoms with Crippen molar-refractivity contribution in [1.82, 2.24) is 10.6 Å². The highest BCUT2D eigenvalue weighted by atomic mass is 16.2. The lowest BCUT2D eigenvalue weighted by Gasteiger charge is -2.08. The Morgan fingerprint density at radius 2 is 2.00 bits per heavy atom. The molecule has 0 fully saturated rings. The summed E-state index contributed by atoms with van der Waals surface area (Å²) in [5.41, 5.74) is 5.08. The summed E-state index contributed by atoms with van der Waals surface area (Å²) in [7, 11) is 0. The maximum atomic E-state index is 11.5. The molecule has 6 heteroatoms. The average Bonchev–Trinajstić information content (AvgIpc) is 2.40. The summed E-state index contributed by atoms with van der Waals surface area (Å²) in [6.07, 6.45) is 6.01. The van der Waals surface area contributed by atoms with Crippen LogP contribution in [0.1, 0.15) is 6.92 Å². The Labute approximate surface area is 91.9 Å². The first-order chi connectivity index (χ1) is 7.52. The van der Waals surface area contributed by atoms with Gasteiger partial charge in [0.15, 0.2) is 0 Å². The van der Waals surface area contributed by atoms with Crippen molar-refractivity contribution in [3.8, 4) is 0 Å². The van der Waals surface area contributed by atoms with Crippen LogP contribution in [0.3, 0.4) is 0 Å². The first-order valence-corrected chi connectivity index (χ1v) is 4.48. The number of rotatable bonds is 2. The molecule has 0 saturated heterocycles. The van der Waals surface area contributed by atoms with E-state index in [0.29, 0.717) is 0 Å². The van der Waals surface area contributed by atoms with E-state index in [1.54, 1.807) is 12.2 Å². The number of carbonyl (C=O) groups excluding carboxylic acids is 3. The Morgan fingerprint density at radius 3 is 2.56 bits per heavy atom. The van der Waals surface area contributed by atoms with Gasteiger partial charge in [-0.25, -0.2) is 0 Å². The van der Waals surface area contributed by atoms with Crippen LogP contribution in [0.4, 0.5) is 0 Å². The van der Waals surface area contributed by atoms with Crippen LogP contribution in [0, 0.1) is 0 Å². The van der Waals surface area contributed by atoms with Gasteiger partial charge in [0.05, 0.1) is 5.57 Å². The molecular formula is C10H11N3O3. The first-order valence-electron chi connectivity index (χ1n) is 4.48. The van der Waals surface area contributed by atoms with E-state index in [0.717, 1.165) is 0 Å². The topological polar surface area (TPSA) is 101 Å². The zero-order valence-electron chi connectivity index (χ0n) is 8.61. The molecule has 1 aliphatic rings. The summed E-state index contributed by atoms with van der Waals surface area (Å²) in [5.74, 6) is -1.96. The number of primary amides is 1. The predicted molar refractivity (Wildman–Crippen MR) is 56.5 cm³/mol. The van der Waals surface area contributed by atoms with Gasteiger partial charge in [0.1, 0.15) is 5.70 Å². The highest BCUT2D eigenvalue weighted by molar-refractivity contribution is 6.10. The SMILES string of the molecule is CC(=O)NC(=O)C1=C(C(N)=O)C=CC=CN1. The van der Waals surface area contributed by atoms with E-state index >= 15 is 0 Å². The van der Waals surface area contributed by atoms with Gasteiger partial charge in [0.2, 0.25) is 5.91 Å². The van der Waals surface area contributed by atoms with Gasteiger partial charge >= 0.3 is 0 Å². The number of hydrogen-bond acceptors (Lipinski definition) is 4. The Bertz CT molecular complexity index is 433. The molecule has 84 valence electrons. The molecule has 0 aromatic rings. The van der Waals surface area contributed by atoms with Crippen molar-refractivity contribution in [3.63, 3.8) is 0 Å². The molecule has 0 spiro atoms. The van der Waals surface area contributed by atoms with E-state index in [1.807, 2.05) is 0 Å². The molecule has 0 bridgehead atoms. The molecule has 0 saturated carbocycles. The number of allylic oxidation sites excluding steroid dienone is 2. The van der Waals surface area contributed by atoms with Crippen molar-refractivity contribution < 1.29 is 14.4 Å². The summed E-state index contributed by atoms with van der Waals surface area (Å²) >= 11 is 0. The van der Waals surface area contributed by atoms with E-state index in [-0.39, 0.29) is 11.3 Å². The molecule has 3 amide bonds. The third-order valence-corrected chi connectivity index (χ3v) is 1.75. The lowest BCUT2D eigenvalue weighted by Crippen LogP contribution is -2.35. The van der Waals surface area contributed by atoms with Gasteiger partial charge in [0, 0.05) is 13.1 Å². The smallest absolute Gasteiger partial charge is 0.275 e. The van der Waals surface area contributed by atoms with Crippen LogP contribution in [-0.2, 0) is 14.4 Å². The van der Waals surface area contributed by atoms with Gasteiger partial charge in [0.25, 0.3) is 11.8 Å². The average molecular weight is 221 g/mol. The van der Waals surface area contributed by atoms with E-state index in [9.17, 15) is 14.4 Å². The molecule has 4 N–H and O–H groups in total. The highest BCUT2D eigenvalue weighted by Gasteiger charge is 2.18. The second-order valence-electron chi connectivity index (χ2n) is 3.03. The van der Waals surface area contributed by atoms with Crippen LogP contribution in [0.5, 0.6) is 0 Å². The van der Waals surface area contributed by atoms with Crippen molar-refractivity contribution in [2.75, 3.05) is 0 Å². The van der Waals surface area contributed by atoms with Crippen LogP contribution in [0.2, 0.25) is 0 Å². The Kier molecular flexibility index (Phi) is 3.60. The van der Waals surface area contributed by atoms with E-state index in [2.05, 4.69) is 10.6 Å². The van der Waals surface area contributed by atoms with Gasteiger partial charge in [-0.1, -0.05) is 6.08 Å². The fourth-order valence-electron chi connectivity index (χ4n) is 1.12. The lowest BCUT2D eigenvalue weighted by atomic mass is 10.1. The maximum absolute atomic E-state index is 11.5. The second-order valence-corrected chi connectivity index (χ2v) is 3.03. The third-order valence-electron chi connectivity index (χ3n) is 1.75. The van der Waals surface area contributed by atoms with Gasteiger partial charge in [-0.3, -0.25) is 19.7 Å². The zero-order chi connectivity index (χ0) is 12.1. The van der Waals surface area contributed by atoms with Crippen LogP contribution in [0.15, 0.2) is 35.7 Å². The van der Waals surface area contributed by atoms with Crippen LogP contribution < -0.4 is 16.4 Å². The van der Waals surface area contributed by atoms with Crippen LogP contribution >= 0.6 is 0 Å². The fraction of sp³-hybridized carbons (Fsp3) is 0.100. The lowest BCUT2D eigenvalue weighted by molar-refractivity contribution is -0.127. The minimum Gasteiger partial charge on any atom is -0.366 e. The van der Waals surface area contributed by atoms with Crippen molar-refractivity contribution in [2.24, 2.45) is 5.73 Å². The number of amides is 3. The van der Waals surface area contributed by atoms with Crippen LogP contribution in [-0.4, -0.2) is 17.7 Å².